The minimum Gasteiger partial charge on any atom is -0.480 e. The van der Waals surface area contributed by atoms with Crippen molar-refractivity contribution >= 4 is 12.0 Å². The lowest BCUT2D eigenvalue weighted by Gasteiger charge is -2.14. The van der Waals surface area contributed by atoms with E-state index in [2.05, 4.69) is 20.6 Å². The number of carbonyl (C=O) groups is 2. The van der Waals surface area contributed by atoms with Gasteiger partial charge in [-0.15, -0.1) is 0 Å². The number of hydrogen-bond donors (Lipinski definition) is 4. The normalized spacial score (nSPS) is 11.8. The second-order valence-electron chi connectivity index (χ2n) is 3.91. The molecular weight excluding hydrogens is 236 g/mol. The summed E-state index contributed by atoms with van der Waals surface area (Å²) in [6.45, 7) is 2.29. The average Bonchev–Trinajstić information content (AvgIpc) is 2.81. The number of H-pyrrole nitrogens is 1. The van der Waals surface area contributed by atoms with Gasteiger partial charge < -0.3 is 20.7 Å². The molecule has 1 atom stereocenters. The molecular formula is C11H18N4O3. The summed E-state index contributed by atoms with van der Waals surface area (Å²) < 4.78 is 0. The molecule has 0 aliphatic rings. The van der Waals surface area contributed by atoms with Crippen LogP contribution in [0.5, 0.6) is 0 Å². The number of aliphatic carboxylic acids is 1. The molecule has 7 nitrogen and oxygen atoms in total. The number of urea groups is 1. The Morgan fingerprint density at radius 3 is 2.89 bits per heavy atom. The zero-order valence-corrected chi connectivity index (χ0v) is 10.3. The topological polar surface area (TPSA) is 107 Å². The monoisotopic (exact) mass is 254 g/mol. The van der Waals surface area contributed by atoms with E-state index in [1.807, 2.05) is 6.92 Å². The Hall–Kier alpha value is -2.05. The number of nitrogens with zero attached hydrogens (tertiary/aromatic N) is 1. The van der Waals surface area contributed by atoms with Crippen molar-refractivity contribution in [3.8, 4) is 0 Å². The maximum absolute atomic E-state index is 11.4. The molecule has 0 saturated heterocycles. The number of nitrogens with one attached hydrogen (secondary N) is 3. The zero-order valence-electron chi connectivity index (χ0n) is 10.3. The lowest BCUT2D eigenvalue weighted by molar-refractivity contribution is -0.139. The van der Waals surface area contributed by atoms with E-state index in [0.29, 0.717) is 25.8 Å². The Balaban J connectivity index is 2.25. The molecule has 0 unspecified atom stereocenters. The van der Waals surface area contributed by atoms with E-state index in [0.717, 1.165) is 5.69 Å². The first-order valence-electron chi connectivity index (χ1n) is 5.88. The summed E-state index contributed by atoms with van der Waals surface area (Å²) in [6.07, 6.45) is 4.99. The second-order valence-corrected chi connectivity index (χ2v) is 3.91. The van der Waals surface area contributed by atoms with E-state index >= 15 is 0 Å². The highest BCUT2D eigenvalue weighted by Gasteiger charge is 2.18. The van der Waals surface area contributed by atoms with Gasteiger partial charge in [-0.3, -0.25) is 0 Å². The van der Waals surface area contributed by atoms with Gasteiger partial charge in [0.25, 0.3) is 0 Å². The van der Waals surface area contributed by atoms with Crippen LogP contribution in [0.25, 0.3) is 0 Å². The highest BCUT2D eigenvalue weighted by Crippen LogP contribution is 1.96. The summed E-state index contributed by atoms with van der Waals surface area (Å²) in [5.74, 6) is -1.01. The molecule has 0 bridgehead atoms. The lowest BCUT2D eigenvalue weighted by Crippen LogP contribution is -2.46. The van der Waals surface area contributed by atoms with Crippen LogP contribution in [0.4, 0.5) is 4.79 Å². The first-order valence-corrected chi connectivity index (χ1v) is 5.88. The quantitative estimate of drug-likeness (QED) is 0.568. The van der Waals surface area contributed by atoms with Crippen molar-refractivity contribution in [1.82, 2.24) is 20.6 Å². The molecule has 0 aromatic carbocycles. The van der Waals surface area contributed by atoms with Crippen LogP contribution in [0.15, 0.2) is 12.5 Å². The fraction of sp³-hybridized carbons (Fsp3) is 0.545. The molecule has 18 heavy (non-hydrogen) atoms. The molecule has 0 spiro atoms. The highest BCUT2D eigenvalue weighted by atomic mass is 16.4. The fourth-order valence-electron chi connectivity index (χ4n) is 1.49. The Morgan fingerprint density at radius 1 is 1.56 bits per heavy atom. The second kappa shape index (κ2) is 7.31. The first kappa shape index (κ1) is 14.0. The van der Waals surface area contributed by atoms with Crippen LogP contribution in [0.3, 0.4) is 0 Å². The van der Waals surface area contributed by atoms with Gasteiger partial charge in [0.2, 0.25) is 0 Å². The zero-order chi connectivity index (χ0) is 13.4. The van der Waals surface area contributed by atoms with E-state index < -0.39 is 18.0 Å². The van der Waals surface area contributed by atoms with Crippen LogP contribution in [0.2, 0.25) is 0 Å². The van der Waals surface area contributed by atoms with Gasteiger partial charge in [0.05, 0.1) is 6.33 Å². The van der Waals surface area contributed by atoms with Crippen LogP contribution in [-0.2, 0) is 11.2 Å². The predicted octanol–water partition coefficient (Wildman–Crippen LogP) is 0.505. The minimum atomic E-state index is -1.01. The fourth-order valence-corrected chi connectivity index (χ4v) is 1.49. The van der Waals surface area contributed by atoms with Gasteiger partial charge in [-0.2, -0.15) is 0 Å². The number of carbonyl (C=O) groups excluding carboxylic acids is 1. The molecule has 4 N–H and O–H groups in total. The van der Waals surface area contributed by atoms with Crippen molar-refractivity contribution in [2.24, 2.45) is 0 Å². The number of carboxylic acid groups (broad SMARTS) is 1. The Bertz CT molecular complexity index is 378. The van der Waals surface area contributed by atoms with Crippen molar-refractivity contribution in [2.45, 2.75) is 32.2 Å². The third-order valence-electron chi connectivity index (χ3n) is 2.42. The van der Waals surface area contributed by atoms with Crippen molar-refractivity contribution in [3.05, 3.63) is 18.2 Å². The Morgan fingerprint density at radius 2 is 2.33 bits per heavy atom. The SMILES string of the molecule is CCC[C@H](NC(=O)NCCc1cnc[nH]1)C(=O)O. The molecule has 1 rings (SSSR count). The van der Waals surface area contributed by atoms with Gasteiger partial charge in [-0.25, -0.2) is 14.6 Å². The van der Waals surface area contributed by atoms with E-state index in [9.17, 15) is 9.59 Å². The van der Waals surface area contributed by atoms with Gasteiger partial charge in [0.15, 0.2) is 0 Å². The van der Waals surface area contributed by atoms with Gasteiger partial charge in [-0.05, 0) is 6.42 Å². The number of carboxylic acids is 1. The molecule has 0 aliphatic heterocycles. The summed E-state index contributed by atoms with van der Waals surface area (Å²) in [4.78, 5) is 29.0. The standard InChI is InChI=1S/C11H18N4O3/c1-2-3-9(10(16)17)15-11(18)13-5-4-8-6-12-7-14-8/h6-7,9H,2-5H2,1H3,(H,12,14)(H,16,17)(H2,13,15,18)/t9-/m0/s1. The average molecular weight is 254 g/mol. The van der Waals surface area contributed by atoms with Crippen LogP contribution in [-0.4, -0.2) is 39.7 Å². The molecule has 1 heterocycles. The number of aromatic nitrogens is 2. The van der Waals surface area contributed by atoms with E-state index in [1.54, 1.807) is 12.5 Å². The largest absolute Gasteiger partial charge is 0.480 e. The van der Waals surface area contributed by atoms with Crippen LogP contribution in [0, 0.1) is 0 Å². The van der Waals surface area contributed by atoms with Gasteiger partial charge in [0, 0.05) is 24.9 Å². The van der Waals surface area contributed by atoms with E-state index in [1.165, 1.54) is 0 Å². The Kier molecular flexibility index (Phi) is 5.69. The lowest BCUT2D eigenvalue weighted by atomic mass is 10.2. The van der Waals surface area contributed by atoms with Gasteiger partial charge >= 0.3 is 12.0 Å². The number of hydrogen-bond acceptors (Lipinski definition) is 3. The first-order chi connectivity index (χ1) is 8.63. The molecule has 0 saturated carbocycles. The molecule has 100 valence electrons. The molecule has 2 amide bonds. The van der Waals surface area contributed by atoms with Crippen LogP contribution < -0.4 is 10.6 Å². The number of amides is 2. The molecule has 0 fully saturated rings. The Labute approximate surface area is 105 Å². The summed E-state index contributed by atoms with van der Waals surface area (Å²) >= 11 is 0. The van der Waals surface area contributed by atoms with Crippen molar-refractivity contribution in [1.29, 1.82) is 0 Å². The summed E-state index contributed by atoms with van der Waals surface area (Å²) in [7, 11) is 0. The highest BCUT2D eigenvalue weighted by molar-refractivity contribution is 5.82. The van der Waals surface area contributed by atoms with E-state index in [4.69, 9.17) is 5.11 Å². The number of aromatic amines is 1. The predicted molar refractivity (Wildman–Crippen MR) is 65.2 cm³/mol. The molecule has 7 heteroatoms. The van der Waals surface area contributed by atoms with Gasteiger partial charge in [0.1, 0.15) is 6.04 Å². The van der Waals surface area contributed by atoms with Crippen LogP contribution >= 0.6 is 0 Å². The summed E-state index contributed by atoms with van der Waals surface area (Å²) in [6, 6.07) is -1.29. The number of imidazole rings is 1. The van der Waals surface area contributed by atoms with Crippen LogP contribution in [0.1, 0.15) is 25.5 Å². The van der Waals surface area contributed by atoms with Crippen molar-refractivity contribution in [2.75, 3.05) is 6.54 Å². The summed E-state index contributed by atoms with van der Waals surface area (Å²) in [5.41, 5.74) is 0.915. The van der Waals surface area contributed by atoms with Gasteiger partial charge in [-0.1, -0.05) is 13.3 Å². The maximum Gasteiger partial charge on any atom is 0.326 e. The smallest absolute Gasteiger partial charge is 0.326 e. The number of rotatable bonds is 7. The molecule has 1 aromatic heterocycles. The summed E-state index contributed by atoms with van der Waals surface area (Å²) in [5, 5.41) is 13.9. The third-order valence-corrected chi connectivity index (χ3v) is 2.42. The van der Waals surface area contributed by atoms with Crippen molar-refractivity contribution < 1.29 is 14.7 Å². The molecule has 0 radical (unpaired) electrons. The third kappa shape index (κ3) is 4.86. The maximum atomic E-state index is 11.4. The minimum absolute atomic E-state index is 0.420. The van der Waals surface area contributed by atoms with Crippen molar-refractivity contribution in [3.63, 3.8) is 0 Å². The molecule has 0 aliphatic carbocycles. The van der Waals surface area contributed by atoms with E-state index in [-0.39, 0.29) is 0 Å². The molecule has 1 aromatic rings.